The number of nitrogens with two attached hydrogens (primary N) is 1. The lowest BCUT2D eigenvalue weighted by molar-refractivity contribution is -0.120. The summed E-state index contributed by atoms with van der Waals surface area (Å²) in [6.07, 6.45) is 0.979. The van der Waals surface area contributed by atoms with Gasteiger partial charge in [-0.1, -0.05) is 18.2 Å². The monoisotopic (exact) mass is 544 g/mol. The predicted octanol–water partition coefficient (Wildman–Crippen LogP) is 1.32. The normalized spacial score (nSPS) is 11.8. The van der Waals surface area contributed by atoms with E-state index in [0.717, 1.165) is 16.7 Å². The maximum Gasteiger partial charge on any atom is 0.425 e. The van der Waals surface area contributed by atoms with E-state index in [2.05, 4.69) is 20.6 Å². The number of nitrogens with one attached hydrogen (secondary N) is 2. The van der Waals surface area contributed by atoms with Gasteiger partial charge in [0.2, 0.25) is 5.91 Å². The summed E-state index contributed by atoms with van der Waals surface area (Å²) in [4.78, 5) is 70.1. The number of primary amides is 1. The van der Waals surface area contributed by atoms with Gasteiger partial charge in [0, 0.05) is 13.5 Å². The molecule has 0 saturated carbocycles. The zero-order chi connectivity index (χ0) is 28.6. The van der Waals surface area contributed by atoms with Crippen molar-refractivity contribution >= 4 is 40.4 Å². The number of aryl methyl sites for hydroxylation is 1. The zero-order valence-corrected chi connectivity index (χ0v) is 20.7. The number of carboxylic acid groups (broad SMARTS) is 1. The van der Waals surface area contributed by atoms with E-state index in [1.165, 1.54) is 24.3 Å². The first-order valence-corrected chi connectivity index (χ1v) is 11.7. The molecule has 14 heteroatoms. The fourth-order valence-electron chi connectivity index (χ4n) is 4.05. The Morgan fingerprint density at radius 3 is 2.50 bits per heavy atom. The van der Waals surface area contributed by atoms with Crippen LogP contribution >= 0.6 is 0 Å². The summed E-state index contributed by atoms with van der Waals surface area (Å²) in [5.41, 5.74) is 6.91. The van der Waals surface area contributed by atoms with Crippen molar-refractivity contribution < 1.29 is 33.1 Å². The third-order valence-electron chi connectivity index (χ3n) is 5.95. The molecule has 40 heavy (non-hydrogen) atoms. The highest BCUT2D eigenvalue weighted by atomic mass is 16.4. The average molecular weight is 544 g/mol. The van der Waals surface area contributed by atoms with E-state index in [-0.39, 0.29) is 34.7 Å². The first kappa shape index (κ1) is 25.8. The number of aromatic nitrogens is 3. The van der Waals surface area contributed by atoms with Gasteiger partial charge < -0.3 is 30.3 Å². The Labute approximate surface area is 223 Å². The molecule has 202 valence electrons. The molecule has 5 rings (SSSR count). The van der Waals surface area contributed by atoms with Gasteiger partial charge >= 0.3 is 11.7 Å². The van der Waals surface area contributed by atoms with Gasteiger partial charge in [-0.3, -0.25) is 14.4 Å². The van der Waals surface area contributed by atoms with Gasteiger partial charge in [0.25, 0.3) is 11.8 Å². The summed E-state index contributed by atoms with van der Waals surface area (Å²) in [6, 6.07) is 10.1. The standard InChI is InChI=1S/C26H20N6O8/c1-12-29-16-8-13(2-7-19(16)40-12)10-28-24(35)18-9-17(30-20-11-39-26(38)32(18)20)23(34)31-21(22(27)33)14-3-5-15(6-4-14)25(36)37/h2-9,11,21H,10H2,1H3,(H2,27,33)(H,28,35)(H,31,34)(H,36,37)/t21-/m1/s1. The van der Waals surface area contributed by atoms with Crippen LogP contribution in [0.5, 0.6) is 0 Å². The van der Waals surface area contributed by atoms with Gasteiger partial charge in [-0.05, 0) is 41.5 Å². The summed E-state index contributed by atoms with van der Waals surface area (Å²) in [5, 5.41) is 14.2. The number of hydrogen-bond acceptors (Lipinski definition) is 9. The van der Waals surface area contributed by atoms with Crippen molar-refractivity contribution in [1.29, 1.82) is 0 Å². The molecule has 0 saturated heterocycles. The highest BCUT2D eigenvalue weighted by Crippen LogP contribution is 2.18. The Morgan fingerprint density at radius 1 is 1.05 bits per heavy atom. The average Bonchev–Trinajstić information content (AvgIpc) is 3.50. The summed E-state index contributed by atoms with van der Waals surface area (Å²) in [6.45, 7) is 1.78. The van der Waals surface area contributed by atoms with Crippen LogP contribution in [0.1, 0.15) is 54.4 Å². The van der Waals surface area contributed by atoms with Gasteiger partial charge in [-0.25, -0.2) is 24.0 Å². The minimum Gasteiger partial charge on any atom is -0.478 e. The molecule has 0 radical (unpaired) electrons. The SMILES string of the molecule is Cc1nc2cc(CNC(=O)c3cc(C(=O)N[C@@H](C(N)=O)c4ccc(C(=O)O)cc4)nc4coc(=O)n34)ccc2o1. The molecule has 5 N–H and O–H groups in total. The lowest BCUT2D eigenvalue weighted by atomic mass is 10.0. The van der Waals surface area contributed by atoms with Crippen LogP contribution in [0.2, 0.25) is 0 Å². The third kappa shape index (κ3) is 5.00. The number of amides is 3. The fourth-order valence-corrected chi connectivity index (χ4v) is 4.05. The molecule has 3 heterocycles. The molecule has 2 aromatic carbocycles. The Bertz CT molecular complexity index is 1870. The Hall–Kier alpha value is -5.79. The Kier molecular flexibility index (Phi) is 6.57. The molecule has 0 aliphatic heterocycles. The third-order valence-corrected chi connectivity index (χ3v) is 5.95. The molecule has 5 aromatic rings. The summed E-state index contributed by atoms with van der Waals surface area (Å²) < 4.78 is 11.2. The molecular weight excluding hydrogens is 524 g/mol. The van der Waals surface area contributed by atoms with E-state index in [9.17, 15) is 24.0 Å². The van der Waals surface area contributed by atoms with Crippen LogP contribution in [0.4, 0.5) is 0 Å². The largest absolute Gasteiger partial charge is 0.478 e. The summed E-state index contributed by atoms with van der Waals surface area (Å²) in [7, 11) is 0. The van der Waals surface area contributed by atoms with Crippen molar-refractivity contribution in [1.82, 2.24) is 25.0 Å². The van der Waals surface area contributed by atoms with Gasteiger partial charge in [-0.2, -0.15) is 0 Å². The molecular formula is C26H20N6O8. The number of benzene rings is 2. The number of aromatic carboxylic acids is 1. The predicted molar refractivity (Wildman–Crippen MR) is 136 cm³/mol. The van der Waals surface area contributed by atoms with Crippen LogP contribution in [0.25, 0.3) is 16.7 Å². The van der Waals surface area contributed by atoms with E-state index in [0.29, 0.717) is 22.6 Å². The van der Waals surface area contributed by atoms with E-state index in [1.54, 1.807) is 25.1 Å². The lowest BCUT2D eigenvalue weighted by Crippen LogP contribution is -2.38. The van der Waals surface area contributed by atoms with Crippen molar-refractivity contribution in [2.45, 2.75) is 19.5 Å². The molecule has 0 spiro atoms. The van der Waals surface area contributed by atoms with Crippen LogP contribution in [0.3, 0.4) is 0 Å². The molecule has 0 unspecified atom stereocenters. The van der Waals surface area contributed by atoms with Gasteiger partial charge in [0.15, 0.2) is 17.1 Å². The van der Waals surface area contributed by atoms with E-state index in [4.69, 9.17) is 19.7 Å². The minimum atomic E-state index is -1.34. The van der Waals surface area contributed by atoms with Gasteiger partial charge in [-0.15, -0.1) is 0 Å². The molecule has 3 amide bonds. The number of rotatable bonds is 8. The first-order valence-electron chi connectivity index (χ1n) is 11.7. The maximum absolute atomic E-state index is 13.1. The van der Waals surface area contributed by atoms with E-state index in [1.807, 2.05) is 0 Å². The fraction of sp³-hybridized carbons (Fsp3) is 0.115. The van der Waals surface area contributed by atoms with Gasteiger partial charge in [0.05, 0.1) is 5.56 Å². The van der Waals surface area contributed by atoms with Gasteiger partial charge in [0.1, 0.15) is 29.2 Å². The highest BCUT2D eigenvalue weighted by molar-refractivity contribution is 6.00. The second kappa shape index (κ2) is 10.2. The summed E-state index contributed by atoms with van der Waals surface area (Å²) in [5.74, 6) is -4.09. The van der Waals surface area contributed by atoms with Crippen LogP contribution in [0.15, 0.2) is 68.4 Å². The molecule has 0 fully saturated rings. The molecule has 1 atom stereocenters. The topological polar surface area (TPSA) is 212 Å². The number of nitrogens with zero attached hydrogens (tertiary/aromatic N) is 3. The number of fused-ring (bicyclic) bond motifs is 2. The molecule has 0 aliphatic carbocycles. The highest BCUT2D eigenvalue weighted by Gasteiger charge is 2.25. The lowest BCUT2D eigenvalue weighted by Gasteiger charge is -2.16. The smallest absolute Gasteiger partial charge is 0.425 e. The second-order valence-electron chi connectivity index (χ2n) is 8.68. The molecule has 0 aliphatic rings. The van der Waals surface area contributed by atoms with Crippen molar-refractivity contribution in [3.63, 3.8) is 0 Å². The Balaban J connectivity index is 1.41. The van der Waals surface area contributed by atoms with Crippen LogP contribution in [-0.2, 0) is 11.3 Å². The van der Waals surface area contributed by atoms with E-state index < -0.39 is 35.5 Å². The number of carbonyl (C=O) groups is 4. The molecule has 14 nitrogen and oxygen atoms in total. The van der Waals surface area contributed by atoms with Crippen molar-refractivity contribution in [3.05, 3.63) is 99.3 Å². The van der Waals surface area contributed by atoms with Crippen LogP contribution in [-0.4, -0.2) is 43.2 Å². The number of carbonyl (C=O) groups excluding carboxylic acids is 3. The number of carboxylic acids is 1. The van der Waals surface area contributed by atoms with Crippen LogP contribution < -0.4 is 22.1 Å². The Morgan fingerprint density at radius 2 is 1.80 bits per heavy atom. The molecule has 3 aromatic heterocycles. The maximum atomic E-state index is 13.1. The quantitative estimate of drug-likeness (QED) is 0.220. The zero-order valence-electron chi connectivity index (χ0n) is 20.7. The van der Waals surface area contributed by atoms with Crippen LogP contribution in [0, 0.1) is 6.92 Å². The number of hydrogen-bond donors (Lipinski definition) is 4. The number of oxazole rings is 2. The summed E-state index contributed by atoms with van der Waals surface area (Å²) >= 11 is 0. The second-order valence-corrected chi connectivity index (χ2v) is 8.68. The molecule has 0 bridgehead atoms. The van der Waals surface area contributed by atoms with E-state index >= 15 is 0 Å². The first-order chi connectivity index (χ1) is 19.1. The van der Waals surface area contributed by atoms with Crippen molar-refractivity contribution in [3.8, 4) is 0 Å². The minimum absolute atomic E-state index is 0.0254. The van der Waals surface area contributed by atoms with Crippen molar-refractivity contribution in [2.24, 2.45) is 5.73 Å². The van der Waals surface area contributed by atoms with Crippen molar-refractivity contribution in [2.75, 3.05) is 0 Å².